The van der Waals surface area contributed by atoms with E-state index in [4.69, 9.17) is 0 Å². The molecule has 0 unspecified atom stereocenters. The Bertz CT molecular complexity index is 617. The summed E-state index contributed by atoms with van der Waals surface area (Å²) in [6, 6.07) is 13.6. The third kappa shape index (κ3) is 3.01. The molecule has 1 aliphatic carbocycles. The molecule has 0 aliphatic heterocycles. The van der Waals surface area contributed by atoms with Crippen LogP contribution in [0.5, 0.6) is 0 Å². The molecule has 3 rings (SSSR count). The number of halogens is 1. The van der Waals surface area contributed by atoms with Gasteiger partial charge in [0.2, 0.25) is 0 Å². The van der Waals surface area contributed by atoms with Crippen molar-refractivity contribution >= 4 is 0 Å². The summed E-state index contributed by atoms with van der Waals surface area (Å²) in [5, 5.41) is 3.35. The summed E-state index contributed by atoms with van der Waals surface area (Å²) in [7, 11) is 0. The largest absolute Gasteiger partial charge is 0.313 e. The molecule has 1 nitrogen and oxygen atoms in total. The average molecular weight is 283 g/mol. The van der Waals surface area contributed by atoms with Crippen LogP contribution in [0, 0.1) is 5.82 Å². The number of nitrogens with one attached hydrogen (secondary N) is 1. The van der Waals surface area contributed by atoms with Crippen LogP contribution < -0.4 is 5.32 Å². The van der Waals surface area contributed by atoms with Gasteiger partial charge in [-0.05, 0) is 59.7 Å². The fourth-order valence-corrected chi connectivity index (χ4v) is 3.03. The lowest BCUT2D eigenvalue weighted by Crippen LogP contribution is -2.14. The summed E-state index contributed by atoms with van der Waals surface area (Å²) in [4.78, 5) is 0. The minimum atomic E-state index is -0.159. The molecule has 21 heavy (non-hydrogen) atoms. The Morgan fingerprint density at radius 1 is 1.10 bits per heavy atom. The van der Waals surface area contributed by atoms with Crippen molar-refractivity contribution < 1.29 is 4.39 Å². The number of hydrogen-bond acceptors (Lipinski definition) is 1. The molecule has 1 saturated carbocycles. The van der Waals surface area contributed by atoms with Crippen molar-refractivity contribution in [2.24, 2.45) is 0 Å². The first kappa shape index (κ1) is 14.3. The van der Waals surface area contributed by atoms with Crippen LogP contribution in [0.25, 0.3) is 11.1 Å². The van der Waals surface area contributed by atoms with Crippen molar-refractivity contribution in [3.05, 3.63) is 59.4 Å². The third-order valence-electron chi connectivity index (χ3n) is 4.43. The molecule has 2 heteroatoms. The second-order valence-corrected chi connectivity index (χ2v) is 5.80. The average Bonchev–Trinajstić information content (AvgIpc) is 2.45. The van der Waals surface area contributed by atoms with Crippen molar-refractivity contribution in [1.82, 2.24) is 5.32 Å². The molecule has 2 aromatic rings. The summed E-state index contributed by atoms with van der Waals surface area (Å²) >= 11 is 0. The molecule has 0 aromatic heterocycles. The zero-order valence-corrected chi connectivity index (χ0v) is 12.5. The highest BCUT2D eigenvalue weighted by atomic mass is 19.1. The van der Waals surface area contributed by atoms with E-state index in [1.54, 1.807) is 12.1 Å². The predicted molar refractivity (Wildman–Crippen MR) is 85.8 cm³/mol. The van der Waals surface area contributed by atoms with Gasteiger partial charge in [-0.2, -0.15) is 0 Å². The molecule has 0 spiro atoms. The van der Waals surface area contributed by atoms with Gasteiger partial charge in [-0.1, -0.05) is 43.7 Å². The van der Waals surface area contributed by atoms with Crippen LogP contribution in [0.15, 0.2) is 42.5 Å². The Kier molecular flexibility index (Phi) is 4.35. The standard InChI is InChI=1S/C19H22FN/c1-2-21-13-15-10-11-16(20)12-19(15)18-9-4-3-8-17(18)14-6-5-7-14/h3-4,8-12,14,21H,2,5-7,13H2,1H3. The van der Waals surface area contributed by atoms with E-state index in [1.807, 2.05) is 6.07 Å². The van der Waals surface area contributed by atoms with Crippen molar-refractivity contribution in [1.29, 1.82) is 0 Å². The van der Waals surface area contributed by atoms with E-state index in [0.717, 1.165) is 18.7 Å². The highest BCUT2D eigenvalue weighted by molar-refractivity contribution is 5.71. The van der Waals surface area contributed by atoms with Crippen LogP contribution in [0.3, 0.4) is 0 Å². The number of rotatable bonds is 5. The topological polar surface area (TPSA) is 12.0 Å². The van der Waals surface area contributed by atoms with E-state index in [2.05, 4.69) is 36.5 Å². The van der Waals surface area contributed by atoms with Crippen LogP contribution in [0.1, 0.15) is 43.2 Å². The van der Waals surface area contributed by atoms with Gasteiger partial charge >= 0.3 is 0 Å². The van der Waals surface area contributed by atoms with Gasteiger partial charge in [0.05, 0.1) is 0 Å². The van der Waals surface area contributed by atoms with Gasteiger partial charge in [-0.25, -0.2) is 4.39 Å². The summed E-state index contributed by atoms with van der Waals surface area (Å²) in [6.45, 7) is 3.79. The molecular weight excluding hydrogens is 261 g/mol. The second-order valence-electron chi connectivity index (χ2n) is 5.80. The molecule has 0 amide bonds. The molecule has 1 aliphatic rings. The Morgan fingerprint density at radius 2 is 1.90 bits per heavy atom. The minimum Gasteiger partial charge on any atom is -0.313 e. The lowest BCUT2D eigenvalue weighted by Gasteiger charge is -2.28. The summed E-state index contributed by atoms with van der Waals surface area (Å²) in [5.41, 5.74) is 4.80. The molecule has 0 bridgehead atoms. The molecule has 110 valence electrons. The van der Waals surface area contributed by atoms with Gasteiger partial charge in [0.1, 0.15) is 5.82 Å². The van der Waals surface area contributed by atoms with Crippen molar-refractivity contribution in [2.45, 2.75) is 38.6 Å². The first-order chi connectivity index (χ1) is 10.3. The third-order valence-corrected chi connectivity index (χ3v) is 4.43. The Balaban J connectivity index is 2.04. The molecule has 0 saturated heterocycles. The molecule has 1 fully saturated rings. The summed E-state index contributed by atoms with van der Waals surface area (Å²) < 4.78 is 13.8. The molecule has 0 atom stereocenters. The van der Waals surface area contributed by atoms with Crippen LogP contribution in [-0.4, -0.2) is 6.54 Å². The van der Waals surface area contributed by atoms with Crippen LogP contribution in [0.4, 0.5) is 4.39 Å². The van der Waals surface area contributed by atoms with Crippen molar-refractivity contribution in [2.75, 3.05) is 6.54 Å². The van der Waals surface area contributed by atoms with E-state index in [1.165, 1.54) is 36.0 Å². The van der Waals surface area contributed by atoms with Gasteiger partial charge in [0, 0.05) is 6.54 Å². The Morgan fingerprint density at radius 3 is 2.62 bits per heavy atom. The molecule has 2 aromatic carbocycles. The lowest BCUT2D eigenvalue weighted by atomic mass is 9.77. The van der Waals surface area contributed by atoms with Crippen molar-refractivity contribution in [3.63, 3.8) is 0 Å². The highest BCUT2D eigenvalue weighted by Gasteiger charge is 2.23. The van der Waals surface area contributed by atoms with E-state index in [0.29, 0.717) is 5.92 Å². The van der Waals surface area contributed by atoms with Gasteiger partial charge in [0.15, 0.2) is 0 Å². The minimum absolute atomic E-state index is 0.159. The monoisotopic (exact) mass is 283 g/mol. The van der Waals surface area contributed by atoms with Crippen molar-refractivity contribution in [3.8, 4) is 11.1 Å². The normalized spacial score (nSPS) is 15.0. The molecule has 0 radical (unpaired) electrons. The lowest BCUT2D eigenvalue weighted by molar-refractivity contribution is 0.420. The first-order valence-electron chi connectivity index (χ1n) is 7.88. The maximum atomic E-state index is 13.8. The van der Waals surface area contributed by atoms with Gasteiger partial charge in [0.25, 0.3) is 0 Å². The number of hydrogen-bond donors (Lipinski definition) is 1. The molecular formula is C19H22FN. The van der Waals surface area contributed by atoms with E-state index >= 15 is 0 Å². The first-order valence-corrected chi connectivity index (χ1v) is 7.88. The fourth-order valence-electron chi connectivity index (χ4n) is 3.03. The van der Waals surface area contributed by atoms with Gasteiger partial charge in [-0.3, -0.25) is 0 Å². The predicted octanol–water partition coefficient (Wildman–Crippen LogP) is 4.87. The Hall–Kier alpha value is -1.67. The van der Waals surface area contributed by atoms with E-state index < -0.39 is 0 Å². The quantitative estimate of drug-likeness (QED) is 0.825. The Labute approximate surface area is 126 Å². The maximum Gasteiger partial charge on any atom is 0.123 e. The van der Waals surface area contributed by atoms with Gasteiger partial charge < -0.3 is 5.32 Å². The van der Waals surface area contributed by atoms with Gasteiger partial charge in [-0.15, -0.1) is 0 Å². The van der Waals surface area contributed by atoms with E-state index in [9.17, 15) is 4.39 Å². The smallest absolute Gasteiger partial charge is 0.123 e. The van der Waals surface area contributed by atoms with Crippen LogP contribution in [0.2, 0.25) is 0 Å². The van der Waals surface area contributed by atoms with Crippen LogP contribution >= 0.6 is 0 Å². The second kappa shape index (κ2) is 6.40. The molecule has 1 N–H and O–H groups in total. The zero-order valence-electron chi connectivity index (χ0n) is 12.5. The number of benzene rings is 2. The SMILES string of the molecule is CCNCc1ccc(F)cc1-c1ccccc1C1CCC1. The zero-order chi connectivity index (χ0) is 14.7. The summed E-state index contributed by atoms with van der Waals surface area (Å²) in [5.74, 6) is 0.491. The maximum absolute atomic E-state index is 13.8. The molecule has 0 heterocycles. The highest BCUT2D eigenvalue weighted by Crippen LogP contribution is 2.41. The van der Waals surface area contributed by atoms with E-state index in [-0.39, 0.29) is 5.82 Å². The van der Waals surface area contributed by atoms with Crippen LogP contribution in [-0.2, 0) is 6.54 Å². The fraction of sp³-hybridized carbons (Fsp3) is 0.368. The summed E-state index contributed by atoms with van der Waals surface area (Å²) in [6.07, 6.45) is 3.83.